The molecule has 0 aliphatic carbocycles. The lowest BCUT2D eigenvalue weighted by atomic mass is 9.82. The van der Waals surface area contributed by atoms with Crippen LogP contribution in [0.15, 0.2) is 0 Å². The summed E-state index contributed by atoms with van der Waals surface area (Å²) >= 11 is 0. The fourth-order valence-corrected chi connectivity index (χ4v) is 1.39. The van der Waals surface area contributed by atoms with Gasteiger partial charge in [-0.05, 0) is 5.41 Å². The van der Waals surface area contributed by atoms with E-state index in [4.69, 9.17) is 0 Å². The monoisotopic (exact) mass is 185 g/mol. The molecule has 1 N–H and O–H groups in total. The Kier molecular flexibility index (Phi) is 3.71. The van der Waals surface area contributed by atoms with Crippen LogP contribution in [0.3, 0.4) is 0 Å². The third kappa shape index (κ3) is 2.27. The highest BCUT2D eigenvalue weighted by Crippen LogP contribution is 2.34. The van der Waals surface area contributed by atoms with Crippen LogP contribution >= 0.6 is 12.4 Å². The minimum atomic E-state index is -2.18. The number of hydrogen-bond donors (Lipinski definition) is 1. The molecule has 0 amide bonds. The van der Waals surface area contributed by atoms with Crippen molar-refractivity contribution in [3.8, 4) is 0 Å². The molecule has 0 radical (unpaired) electrons. The zero-order chi connectivity index (χ0) is 7.78. The zero-order valence-corrected chi connectivity index (χ0v) is 7.55. The molecule has 1 atom stereocenters. The largest absolute Gasteiger partial charge is 0.316 e. The Hall–Kier alpha value is 0.110. The summed E-state index contributed by atoms with van der Waals surface area (Å²) in [6, 6.07) is 0. The first-order valence-electron chi connectivity index (χ1n) is 3.53. The van der Waals surface area contributed by atoms with Gasteiger partial charge in [0, 0.05) is 19.0 Å². The van der Waals surface area contributed by atoms with Crippen molar-refractivity contribution in [3.63, 3.8) is 0 Å². The van der Waals surface area contributed by atoms with Gasteiger partial charge in [-0.3, -0.25) is 0 Å². The quantitative estimate of drug-likeness (QED) is 0.658. The number of alkyl halides is 2. The Bertz CT molecular complexity index is 128. The van der Waals surface area contributed by atoms with E-state index in [-0.39, 0.29) is 17.8 Å². The Morgan fingerprint density at radius 1 is 1.45 bits per heavy atom. The third-order valence-corrected chi connectivity index (χ3v) is 2.25. The summed E-state index contributed by atoms with van der Waals surface area (Å²) in [5.74, 6) is -0.465. The average molecular weight is 186 g/mol. The van der Waals surface area contributed by atoms with Crippen molar-refractivity contribution in [1.29, 1.82) is 0 Å². The molecule has 1 fully saturated rings. The minimum Gasteiger partial charge on any atom is -0.316 e. The van der Waals surface area contributed by atoms with E-state index in [0.717, 1.165) is 0 Å². The predicted octanol–water partition coefficient (Wildman–Crippen LogP) is 1.92. The Morgan fingerprint density at radius 3 is 2.18 bits per heavy atom. The molecule has 4 heteroatoms. The Labute approximate surface area is 72.0 Å². The van der Waals surface area contributed by atoms with Crippen molar-refractivity contribution >= 4 is 12.4 Å². The molecule has 0 saturated carbocycles. The van der Waals surface area contributed by atoms with Gasteiger partial charge in [0.25, 0.3) is 0 Å². The van der Waals surface area contributed by atoms with E-state index in [2.05, 4.69) is 5.32 Å². The van der Waals surface area contributed by atoms with Crippen molar-refractivity contribution in [1.82, 2.24) is 5.32 Å². The number of hydrogen-bond acceptors (Lipinski definition) is 1. The molecule has 1 rings (SSSR count). The lowest BCUT2D eigenvalue weighted by Crippen LogP contribution is -2.27. The van der Waals surface area contributed by atoms with Gasteiger partial charge >= 0.3 is 0 Å². The second-order valence-electron chi connectivity index (χ2n) is 3.56. The van der Waals surface area contributed by atoms with E-state index < -0.39 is 12.3 Å². The number of halogens is 3. The molecule has 0 aromatic carbocycles. The molecular weight excluding hydrogens is 172 g/mol. The summed E-state index contributed by atoms with van der Waals surface area (Å²) in [6.07, 6.45) is -2.18. The first-order chi connectivity index (χ1) is 4.54. The minimum absolute atomic E-state index is 0. The van der Waals surface area contributed by atoms with E-state index in [1.165, 1.54) is 0 Å². The van der Waals surface area contributed by atoms with Crippen molar-refractivity contribution in [3.05, 3.63) is 0 Å². The molecular formula is C7H14ClF2N. The summed E-state index contributed by atoms with van der Waals surface area (Å²) < 4.78 is 24.4. The molecule has 11 heavy (non-hydrogen) atoms. The van der Waals surface area contributed by atoms with Crippen molar-refractivity contribution in [2.24, 2.45) is 11.3 Å². The highest BCUT2D eigenvalue weighted by atomic mass is 35.5. The molecule has 0 bridgehead atoms. The maximum Gasteiger partial charge on any atom is 0.243 e. The summed E-state index contributed by atoms with van der Waals surface area (Å²) in [6.45, 7) is 4.93. The van der Waals surface area contributed by atoms with Gasteiger partial charge in [0.1, 0.15) is 0 Å². The molecule has 68 valence electrons. The topological polar surface area (TPSA) is 12.0 Å². The standard InChI is InChI=1S/C7H13F2N.ClH/c1-7(2)4-10-3-5(7)6(8)9;/h5-6,10H,3-4H2,1-2H3;1H. The normalized spacial score (nSPS) is 28.6. The second-order valence-corrected chi connectivity index (χ2v) is 3.56. The van der Waals surface area contributed by atoms with Crippen LogP contribution in [0.4, 0.5) is 8.78 Å². The van der Waals surface area contributed by atoms with Crippen LogP contribution in [-0.2, 0) is 0 Å². The molecule has 1 aliphatic heterocycles. The third-order valence-electron chi connectivity index (χ3n) is 2.25. The SMILES string of the molecule is CC1(C)CNCC1C(F)F.Cl. The lowest BCUT2D eigenvalue weighted by Gasteiger charge is -2.24. The van der Waals surface area contributed by atoms with Crippen LogP contribution in [0.1, 0.15) is 13.8 Å². The van der Waals surface area contributed by atoms with Crippen molar-refractivity contribution < 1.29 is 8.78 Å². The maximum atomic E-state index is 12.2. The van der Waals surface area contributed by atoms with E-state index in [1.807, 2.05) is 13.8 Å². The second kappa shape index (κ2) is 3.68. The highest BCUT2D eigenvalue weighted by molar-refractivity contribution is 5.85. The summed E-state index contributed by atoms with van der Waals surface area (Å²) in [4.78, 5) is 0. The predicted molar refractivity (Wildman–Crippen MR) is 43.4 cm³/mol. The van der Waals surface area contributed by atoms with Crippen LogP contribution in [0.25, 0.3) is 0 Å². The van der Waals surface area contributed by atoms with Gasteiger partial charge in [0.2, 0.25) is 6.43 Å². The van der Waals surface area contributed by atoms with Crippen LogP contribution in [-0.4, -0.2) is 19.5 Å². The van der Waals surface area contributed by atoms with Crippen molar-refractivity contribution in [2.75, 3.05) is 13.1 Å². The molecule has 1 unspecified atom stereocenters. The van der Waals surface area contributed by atoms with Crippen LogP contribution in [0, 0.1) is 11.3 Å². The fourth-order valence-electron chi connectivity index (χ4n) is 1.39. The molecule has 1 nitrogen and oxygen atoms in total. The first-order valence-corrected chi connectivity index (χ1v) is 3.53. The summed E-state index contributed by atoms with van der Waals surface area (Å²) in [5, 5.41) is 2.96. The molecule has 1 saturated heterocycles. The highest BCUT2D eigenvalue weighted by Gasteiger charge is 2.40. The number of nitrogens with one attached hydrogen (secondary N) is 1. The van der Waals surface area contributed by atoms with Crippen LogP contribution in [0.5, 0.6) is 0 Å². The van der Waals surface area contributed by atoms with E-state index in [9.17, 15) is 8.78 Å². The van der Waals surface area contributed by atoms with Gasteiger partial charge in [-0.25, -0.2) is 8.78 Å². The molecule has 0 spiro atoms. The van der Waals surface area contributed by atoms with Crippen molar-refractivity contribution in [2.45, 2.75) is 20.3 Å². The molecule has 1 heterocycles. The van der Waals surface area contributed by atoms with Crippen LogP contribution < -0.4 is 5.32 Å². The first kappa shape index (κ1) is 11.1. The van der Waals surface area contributed by atoms with E-state index >= 15 is 0 Å². The number of rotatable bonds is 1. The Morgan fingerprint density at radius 2 is 2.00 bits per heavy atom. The molecule has 0 aromatic rings. The smallest absolute Gasteiger partial charge is 0.243 e. The fraction of sp³-hybridized carbons (Fsp3) is 1.00. The molecule has 0 aromatic heterocycles. The van der Waals surface area contributed by atoms with Gasteiger partial charge in [-0.15, -0.1) is 12.4 Å². The lowest BCUT2D eigenvalue weighted by molar-refractivity contribution is 0.0373. The van der Waals surface area contributed by atoms with E-state index in [1.54, 1.807) is 0 Å². The van der Waals surface area contributed by atoms with Crippen LogP contribution in [0.2, 0.25) is 0 Å². The summed E-state index contributed by atoms with van der Waals surface area (Å²) in [7, 11) is 0. The average Bonchev–Trinajstić information content (AvgIpc) is 2.08. The van der Waals surface area contributed by atoms with E-state index in [0.29, 0.717) is 13.1 Å². The van der Waals surface area contributed by atoms with Gasteiger partial charge in [0.05, 0.1) is 0 Å². The van der Waals surface area contributed by atoms with Gasteiger partial charge in [-0.2, -0.15) is 0 Å². The Balaban J connectivity index is 0.000001000. The maximum absolute atomic E-state index is 12.2. The van der Waals surface area contributed by atoms with Gasteiger partial charge in [0.15, 0.2) is 0 Å². The zero-order valence-electron chi connectivity index (χ0n) is 6.73. The van der Waals surface area contributed by atoms with Gasteiger partial charge < -0.3 is 5.32 Å². The summed E-state index contributed by atoms with van der Waals surface area (Å²) in [5.41, 5.74) is -0.228. The van der Waals surface area contributed by atoms with Gasteiger partial charge in [-0.1, -0.05) is 13.8 Å². The molecule has 1 aliphatic rings.